The van der Waals surface area contributed by atoms with Crippen LogP contribution in [0.3, 0.4) is 0 Å². The Labute approximate surface area is 128 Å². The van der Waals surface area contributed by atoms with Crippen LogP contribution in [0.25, 0.3) is 0 Å². The third kappa shape index (κ3) is 6.20. The number of unbranched alkanes of at least 4 members (excludes halogenated alkanes) is 1. The highest BCUT2D eigenvalue weighted by Crippen LogP contribution is 2.21. The van der Waals surface area contributed by atoms with Crippen molar-refractivity contribution in [1.29, 1.82) is 0 Å². The molecule has 0 spiro atoms. The maximum atomic E-state index is 8.79. The number of hydrogen-bond donors (Lipinski definition) is 1. The van der Waals surface area contributed by atoms with Crippen LogP contribution in [0.1, 0.15) is 44.2 Å². The summed E-state index contributed by atoms with van der Waals surface area (Å²) in [6, 6.07) is 6.04. The van der Waals surface area contributed by atoms with Crippen LogP contribution in [-0.2, 0) is 6.54 Å². The molecule has 0 radical (unpaired) electrons. The molecule has 0 aliphatic carbocycles. The molecule has 0 amide bonds. The van der Waals surface area contributed by atoms with Crippen molar-refractivity contribution in [2.24, 2.45) is 0 Å². The smallest absolute Gasteiger partial charge is 0.123 e. The Balaban J connectivity index is 2.86. The number of methoxy groups -OCH3 is 1. The monoisotopic (exact) mass is 289 g/mol. The number of rotatable bonds is 8. The minimum atomic E-state index is 0.108. The molecule has 116 valence electrons. The maximum Gasteiger partial charge on any atom is 0.123 e. The van der Waals surface area contributed by atoms with Crippen molar-refractivity contribution in [3.8, 4) is 17.6 Å². The Kier molecular flexibility index (Phi) is 8.57. The van der Waals surface area contributed by atoms with Crippen LogP contribution in [-0.4, -0.2) is 36.8 Å². The lowest BCUT2D eigenvalue weighted by Gasteiger charge is -2.21. The van der Waals surface area contributed by atoms with Crippen molar-refractivity contribution in [2.75, 3.05) is 26.8 Å². The molecule has 0 fully saturated rings. The number of aliphatic hydroxyl groups is 1. The summed E-state index contributed by atoms with van der Waals surface area (Å²) in [5.41, 5.74) is 2.15. The molecule has 1 N–H and O–H groups in total. The fraction of sp³-hybridized carbons (Fsp3) is 0.556. The molecule has 3 heteroatoms. The van der Waals surface area contributed by atoms with Gasteiger partial charge in [-0.2, -0.15) is 0 Å². The van der Waals surface area contributed by atoms with Gasteiger partial charge >= 0.3 is 0 Å². The first-order valence-electron chi connectivity index (χ1n) is 7.74. The van der Waals surface area contributed by atoms with E-state index in [0.717, 1.165) is 30.9 Å². The number of ether oxygens (including phenoxy) is 1. The van der Waals surface area contributed by atoms with Crippen molar-refractivity contribution in [1.82, 2.24) is 4.90 Å². The SMILES string of the molecule is CCCCN(CC)Cc1cc(C#CCCO)ccc1OC. The van der Waals surface area contributed by atoms with Gasteiger partial charge in [0, 0.05) is 24.1 Å². The summed E-state index contributed by atoms with van der Waals surface area (Å²) in [7, 11) is 1.71. The van der Waals surface area contributed by atoms with Crippen molar-refractivity contribution in [3.05, 3.63) is 29.3 Å². The van der Waals surface area contributed by atoms with Crippen LogP contribution in [0, 0.1) is 11.8 Å². The minimum absolute atomic E-state index is 0.108. The fourth-order valence-electron chi connectivity index (χ4n) is 2.17. The van der Waals surface area contributed by atoms with Crippen LogP contribution in [0.15, 0.2) is 18.2 Å². The highest BCUT2D eigenvalue weighted by molar-refractivity contribution is 5.44. The van der Waals surface area contributed by atoms with Gasteiger partial charge in [-0.05, 0) is 37.7 Å². The molecule has 0 saturated carbocycles. The van der Waals surface area contributed by atoms with Gasteiger partial charge < -0.3 is 9.84 Å². The first-order valence-corrected chi connectivity index (χ1v) is 7.74. The van der Waals surface area contributed by atoms with E-state index < -0.39 is 0 Å². The summed E-state index contributed by atoms with van der Waals surface area (Å²) in [4.78, 5) is 2.42. The Bertz CT molecular complexity index is 474. The van der Waals surface area contributed by atoms with Gasteiger partial charge in [-0.15, -0.1) is 0 Å². The maximum absolute atomic E-state index is 8.79. The van der Waals surface area contributed by atoms with E-state index >= 15 is 0 Å². The molecule has 0 saturated heterocycles. The predicted octanol–water partition coefficient (Wildman–Crippen LogP) is 3.05. The van der Waals surface area contributed by atoms with Crippen LogP contribution < -0.4 is 4.74 Å². The van der Waals surface area contributed by atoms with Crippen LogP contribution >= 0.6 is 0 Å². The van der Waals surface area contributed by atoms with Gasteiger partial charge in [0.2, 0.25) is 0 Å². The van der Waals surface area contributed by atoms with Crippen LogP contribution in [0.4, 0.5) is 0 Å². The summed E-state index contributed by atoms with van der Waals surface area (Å²) in [6.45, 7) is 7.53. The largest absolute Gasteiger partial charge is 0.496 e. The van der Waals surface area contributed by atoms with E-state index in [1.165, 1.54) is 18.4 Å². The Morgan fingerprint density at radius 1 is 1.29 bits per heavy atom. The molecule has 0 atom stereocenters. The van der Waals surface area contributed by atoms with E-state index in [1.807, 2.05) is 12.1 Å². The van der Waals surface area contributed by atoms with E-state index in [-0.39, 0.29) is 6.61 Å². The van der Waals surface area contributed by atoms with Gasteiger partial charge in [-0.25, -0.2) is 0 Å². The number of aliphatic hydroxyl groups excluding tert-OH is 1. The third-order valence-electron chi connectivity index (χ3n) is 3.42. The average molecular weight is 289 g/mol. The minimum Gasteiger partial charge on any atom is -0.496 e. The Morgan fingerprint density at radius 2 is 2.10 bits per heavy atom. The van der Waals surface area contributed by atoms with Crippen molar-refractivity contribution < 1.29 is 9.84 Å². The van der Waals surface area contributed by atoms with Crippen molar-refractivity contribution >= 4 is 0 Å². The van der Waals surface area contributed by atoms with E-state index in [9.17, 15) is 0 Å². The lowest BCUT2D eigenvalue weighted by molar-refractivity contribution is 0.270. The Morgan fingerprint density at radius 3 is 2.71 bits per heavy atom. The zero-order valence-electron chi connectivity index (χ0n) is 13.5. The molecule has 3 nitrogen and oxygen atoms in total. The number of hydrogen-bond acceptors (Lipinski definition) is 3. The number of benzene rings is 1. The van der Waals surface area contributed by atoms with Gasteiger partial charge in [0.1, 0.15) is 5.75 Å². The first kappa shape index (κ1) is 17.6. The summed E-state index contributed by atoms with van der Waals surface area (Å²) < 4.78 is 5.46. The molecule has 1 aromatic rings. The first-order chi connectivity index (χ1) is 10.2. The summed E-state index contributed by atoms with van der Waals surface area (Å²) in [5.74, 6) is 6.97. The van der Waals surface area contributed by atoms with E-state index in [2.05, 4.69) is 36.7 Å². The van der Waals surface area contributed by atoms with E-state index in [0.29, 0.717) is 6.42 Å². The Hall–Kier alpha value is -1.50. The molecular weight excluding hydrogens is 262 g/mol. The molecule has 1 aromatic carbocycles. The molecule has 0 bridgehead atoms. The second-order valence-corrected chi connectivity index (χ2v) is 5.02. The van der Waals surface area contributed by atoms with Crippen molar-refractivity contribution in [2.45, 2.75) is 39.7 Å². The zero-order chi connectivity index (χ0) is 15.5. The lowest BCUT2D eigenvalue weighted by Crippen LogP contribution is -2.24. The summed E-state index contributed by atoms with van der Waals surface area (Å²) in [5, 5.41) is 8.79. The molecule has 0 unspecified atom stereocenters. The van der Waals surface area contributed by atoms with Crippen molar-refractivity contribution in [3.63, 3.8) is 0 Å². The second kappa shape index (κ2) is 10.3. The quantitative estimate of drug-likeness (QED) is 0.747. The van der Waals surface area contributed by atoms with E-state index in [1.54, 1.807) is 7.11 Å². The van der Waals surface area contributed by atoms with Gasteiger partial charge in [0.05, 0.1) is 13.7 Å². The molecule has 21 heavy (non-hydrogen) atoms. The van der Waals surface area contributed by atoms with E-state index in [4.69, 9.17) is 9.84 Å². The molecule has 0 aromatic heterocycles. The second-order valence-electron chi connectivity index (χ2n) is 5.02. The van der Waals surface area contributed by atoms with Gasteiger partial charge in [-0.3, -0.25) is 4.90 Å². The number of nitrogens with zero attached hydrogens (tertiary/aromatic N) is 1. The molecule has 0 heterocycles. The third-order valence-corrected chi connectivity index (χ3v) is 3.42. The average Bonchev–Trinajstić information content (AvgIpc) is 2.52. The lowest BCUT2D eigenvalue weighted by atomic mass is 10.1. The zero-order valence-corrected chi connectivity index (χ0v) is 13.5. The van der Waals surface area contributed by atoms with Crippen LogP contribution in [0.5, 0.6) is 5.75 Å². The predicted molar refractivity (Wildman–Crippen MR) is 87.4 cm³/mol. The topological polar surface area (TPSA) is 32.7 Å². The molecule has 1 rings (SSSR count). The van der Waals surface area contributed by atoms with Crippen LogP contribution in [0.2, 0.25) is 0 Å². The summed E-state index contributed by atoms with van der Waals surface area (Å²) >= 11 is 0. The normalized spacial score (nSPS) is 10.3. The molecule has 0 aliphatic rings. The van der Waals surface area contributed by atoms with Gasteiger partial charge in [0.15, 0.2) is 0 Å². The highest BCUT2D eigenvalue weighted by Gasteiger charge is 2.08. The van der Waals surface area contributed by atoms with Gasteiger partial charge in [-0.1, -0.05) is 32.1 Å². The highest BCUT2D eigenvalue weighted by atomic mass is 16.5. The fourth-order valence-corrected chi connectivity index (χ4v) is 2.17. The standard InChI is InChI=1S/C18H27NO2/c1-4-6-12-19(5-2)15-17-14-16(9-7-8-13-20)10-11-18(17)21-3/h10-11,14,20H,4-6,8,12-13,15H2,1-3H3. The summed E-state index contributed by atoms with van der Waals surface area (Å²) in [6.07, 6.45) is 2.94. The molecule has 0 aliphatic heterocycles. The van der Waals surface area contributed by atoms with Gasteiger partial charge in [0.25, 0.3) is 0 Å². The molecular formula is C18H27NO2.